The van der Waals surface area contributed by atoms with Crippen molar-refractivity contribution in [2.75, 3.05) is 33.2 Å². The van der Waals surface area contributed by atoms with Crippen molar-refractivity contribution in [1.29, 1.82) is 0 Å². The molecule has 2 atom stereocenters. The standard InChI is InChI=1S/C20H30N4/c1-3-11-24-12-9-18(10-13-24)23-20(21-2)22-15-17-14-19(17)16-7-5-4-6-8-16/h3-8,17-19H,1,9-15H2,2H3,(H2,21,22,23). The van der Waals surface area contributed by atoms with Crippen molar-refractivity contribution in [1.82, 2.24) is 15.5 Å². The second-order valence-electron chi connectivity index (χ2n) is 6.97. The summed E-state index contributed by atoms with van der Waals surface area (Å²) >= 11 is 0. The third-order valence-electron chi connectivity index (χ3n) is 5.22. The van der Waals surface area contributed by atoms with Gasteiger partial charge in [0.2, 0.25) is 0 Å². The molecule has 3 rings (SSSR count). The Balaban J connectivity index is 1.38. The number of guanidine groups is 1. The summed E-state index contributed by atoms with van der Waals surface area (Å²) < 4.78 is 0. The lowest BCUT2D eigenvalue weighted by Crippen LogP contribution is -2.49. The molecule has 4 nitrogen and oxygen atoms in total. The monoisotopic (exact) mass is 326 g/mol. The Morgan fingerprint density at radius 1 is 1.29 bits per heavy atom. The van der Waals surface area contributed by atoms with Gasteiger partial charge >= 0.3 is 0 Å². The molecular formula is C20H30N4. The molecule has 1 saturated heterocycles. The second kappa shape index (κ2) is 8.34. The molecule has 0 aromatic heterocycles. The summed E-state index contributed by atoms with van der Waals surface area (Å²) in [7, 11) is 1.86. The molecule has 1 heterocycles. The van der Waals surface area contributed by atoms with Gasteiger partial charge in [-0.05, 0) is 36.7 Å². The van der Waals surface area contributed by atoms with E-state index in [1.54, 1.807) is 0 Å². The van der Waals surface area contributed by atoms with Crippen LogP contribution in [-0.2, 0) is 0 Å². The number of benzene rings is 1. The van der Waals surface area contributed by atoms with E-state index in [9.17, 15) is 0 Å². The summed E-state index contributed by atoms with van der Waals surface area (Å²) in [5.41, 5.74) is 1.47. The molecule has 0 spiro atoms. The molecule has 2 N–H and O–H groups in total. The predicted molar refractivity (Wildman–Crippen MR) is 101 cm³/mol. The Morgan fingerprint density at radius 2 is 2.04 bits per heavy atom. The zero-order valence-electron chi connectivity index (χ0n) is 14.7. The summed E-state index contributed by atoms with van der Waals surface area (Å²) in [4.78, 5) is 6.85. The highest BCUT2D eigenvalue weighted by molar-refractivity contribution is 5.80. The number of hydrogen-bond acceptors (Lipinski definition) is 2. The van der Waals surface area contributed by atoms with Crippen LogP contribution in [0.2, 0.25) is 0 Å². The minimum Gasteiger partial charge on any atom is -0.356 e. The Labute approximate surface area is 146 Å². The van der Waals surface area contributed by atoms with Gasteiger partial charge in [0.05, 0.1) is 0 Å². The minimum absolute atomic E-state index is 0.529. The fourth-order valence-corrected chi connectivity index (χ4v) is 3.64. The van der Waals surface area contributed by atoms with Crippen molar-refractivity contribution in [3.05, 3.63) is 48.6 Å². The normalized spacial score (nSPS) is 25.3. The lowest BCUT2D eigenvalue weighted by atomic mass is 10.1. The number of rotatable bonds is 6. The maximum atomic E-state index is 4.40. The highest BCUT2D eigenvalue weighted by Crippen LogP contribution is 2.46. The van der Waals surface area contributed by atoms with Gasteiger partial charge in [0.25, 0.3) is 0 Å². The van der Waals surface area contributed by atoms with Crippen molar-refractivity contribution in [2.45, 2.75) is 31.2 Å². The van der Waals surface area contributed by atoms with E-state index in [0.29, 0.717) is 6.04 Å². The summed E-state index contributed by atoms with van der Waals surface area (Å²) in [6.45, 7) is 8.11. The predicted octanol–water partition coefficient (Wildman–Crippen LogP) is 2.61. The maximum absolute atomic E-state index is 4.40. The molecule has 2 unspecified atom stereocenters. The summed E-state index contributed by atoms with van der Waals surface area (Å²) in [5.74, 6) is 2.41. The lowest BCUT2D eigenvalue weighted by molar-refractivity contribution is 0.225. The number of nitrogens with zero attached hydrogens (tertiary/aromatic N) is 2. The number of piperidine rings is 1. The number of nitrogens with one attached hydrogen (secondary N) is 2. The molecular weight excluding hydrogens is 296 g/mol. The molecule has 0 amide bonds. The lowest BCUT2D eigenvalue weighted by Gasteiger charge is -2.32. The van der Waals surface area contributed by atoms with Gasteiger partial charge in [0.1, 0.15) is 0 Å². The van der Waals surface area contributed by atoms with E-state index >= 15 is 0 Å². The molecule has 2 fully saturated rings. The largest absolute Gasteiger partial charge is 0.356 e. The molecule has 1 aliphatic heterocycles. The molecule has 1 saturated carbocycles. The molecule has 1 aliphatic carbocycles. The van der Waals surface area contributed by atoms with E-state index in [4.69, 9.17) is 0 Å². The van der Waals surface area contributed by atoms with Gasteiger partial charge in [-0.2, -0.15) is 0 Å². The van der Waals surface area contributed by atoms with E-state index in [1.807, 2.05) is 13.1 Å². The number of hydrogen-bond donors (Lipinski definition) is 2. The van der Waals surface area contributed by atoms with Crippen LogP contribution in [0, 0.1) is 5.92 Å². The van der Waals surface area contributed by atoms with Crippen molar-refractivity contribution in [3.63, 3.8) is 0 Å². The third kappa shape index (κ3) is 4.60. The third-order valence-corrected chi connectivity index (χ3v) is 5.22. The Kier molecular flexibility index (Phi) is 5.91. The smallest absolute Gasteiger partial charge is 0.191 e. The highest BCUT2D eigenvalue weighted by atomic mass is 15.2. The molecule has 130 valence electrons. The van der Waals surface area contributed by atoms with Crippen LogP contribution in [-0.4, -0.2) is 50.1 Å². The minimum atomic E-state index is 0.529. The van der Waals surface area contributed by atoms with Gasteiger partial charge in [0, 0.05) is 39.3 Å². The van der Waals surface area contributed by atoms with E-state index in [2.05, 4.69) is 57.4 Å². The second-order valence-corrected chi connectivity index (χ2v) is 6.97. The highest BCUT2D eigenvalue weighted by Gasteiger charge is 2.37. The Hall–Kier alpha value is -1.81. The first-order chi connectivity index (χ1) is 11.8. The van der Waals surface area contributed by atoms with E-state index in [0.717, 1.165) is 44.0 Å². The summed E-state index contributed by atoms with van der Waals surface area (Å²) in [5, 5.41) is 7.12. The fourth-order valence-electron chi connectivity index (χ4n) is 3.64. The van der Waals surface area contributed by atoms with Gasteiger partial charge in [-0.25, -0.2) is 0 Å². The van der Waals surface area contributed by atoms with Crippen LogP contribution in [0.15, 0.2) is 48.0 Å². The van der Waals surface area contributed by atoms with Crippen LogP contribution in [0.4, 0.5) is 0 Å². The van der Waals surface area contributed by atoms with E-state index < -0.39 is 0 Å². The first-order valence-electron chi connectivity index (χ1n) is 9.15. The van der Waals surface area contributed by atoms with E-state index in [1.165, 1.54) is 24.8 Å². The van der Waals surface area contributed by atoms with Gasteiger partial charge in [-0.15, -0.1) is 6.58 Å². The molecule has 0 bridgehead atoms. The average Bonchev–Trinajstić information content (AvgIpc) is 3.41. The number of aliphatic imine (C=N–C) groups is 1. The number of likely N-dealkylation sites (tertiary alicyclic amines) is 1. The summed E-state index contributed by atoms with van der Waals surface area (Å²) in [6.07, 6.45) is 5.62. The quantitative estimate of drug-likeness (QED) is 0.479. The first-order valence-corrected chi connectivity index (χ1v) is 9.15. The van der Waals surface area contributed by atoms with Gasteiger partial charge < -0.3 is 10.6 Å². The fraction of sp³-hybridized carbons (Fsp3) is 0.550. The molecule has 1 aromatic rings. The van der Waals surface area contributed by atoms with Crippen LogP contribution in [0.3, 0.4) is 0 Å². The zero-order chi connectivity index (χ0) is 16.8. The Bertz CT molecular complexity index is 546. The van der Waals surface area contributed by atoms with Crippen LogP contribution < -0.4 is 10.6 Å². The van der Waals surface area contributed by atoms with Gasteiger partial charge in [-0.1, -0.05) is 36.4 Å². The van der Waals surface area contributed by atoms with Crippen LogP contribution >= 0.6 is 0 Å². The van der Waals surface area contributed by atoms with Gasteiger partial charge in [0.15, 0.2) is 5.96 Å². The maximum Gasteiger partial charge on any atom is 0.191 e. The van der Waals surface area contributed by atoms with Crippen molar-refractivity contribution in [3.8, 4) is 0 Å². The van der Waals surface area contributed by atoms with Gasteiger partial charge in [-0.3, -0.25) is 9.89 Å². The Morgan fingerprint density at radius 3 is 2.71 bits per heavy atom. The summed E-state index contributed by atoms with van der Waals surface area (Å²) in [6, 6.07) is 11.4. The average molecular weight is 326 g/mol. The van der Waals surface area contributed by atoms with Crippen LogP contribution in [0.1, 0.15) is 30.7 Å². The molecule has 0 radical (unpaired) electrons. The first kappa shape index (κ1) is 17.0. The van der Waals surface area contributed by atoms with Crippen LogP contribution in [0.5, 0.6) is 0 Å². The van der Waals surface area contributed by atoms with Crippen molar-refractivity contribution < 1.29 is 0 Å². The van der Waals surface area contributed by atoms with Crippen molar-refractivity contribution >= 4 is 5.96 Å². The molecule has 24 heavy (non-hydrogen) atoms. The SMILES string of the molecule is C=CCN1CCC(NC(=NC)NCC2CC2c2ccccc2)CC1. The zero-order valence-corrected chi connectivity index (χ0v) is 14.7. The van der Waals surface area contributed by atoms with Crippen molar-refractivity contribution in [2.24, 2.45) is 10.9 Å². The topological polar surface area (TPSA) is 39.7 Å². The molecule has 2 aliphatic rings. The molecule has 1 aromatic carbocycles. The van der Waals surface area contributed by atoms with E-state index in [-0.39, 0.29) is 0 Å². The van der Waals surface area contributed by atoms with Crippen LogP contribution in [0.25, 0.3) is 0 Å². The molecule has 4 heteroatoms.